The minimum atomic E-state index is -0.765. The van der Waals surface area contributed by atoms with Crippen molar-refractivity contribution in [1.29, 1.82) is 0 Å². The molecule has 23 heavy (non-hydrogen) atoms. The molecular formula is C17H24ClNO4. The van der Waals surface area contributed by atoms with E-state index < -0.39 is 12.1 Å². The molecule has 2 N–H and O–H groups in total. The summed E-state index contributed by atoms with van der Waals surface area (Å²) in [5.74, 6) is -0.449. The highest BCUT2D eigenvalue weighted by Crippen LogP contribution is 2.26. The van der Waals surface area contributed by atoms with E-state index in [4.69, 9.17) is 21.4 Å². The fraction of sp³-hybridized carbons (Fsp3) is 0.529. The lowest BCUT2D eigenvalue weighted by Crippen LogP contribution is -2.36. The number of rotatable bonds is 10. The quantitative estimate of drug-likeness (QED) is 0.638. The van der Waals surface area contributed by atoms with Crippen molar-refractivity contribution in [1.82, 2.24) is 5.32 Å². The Morgan fingerprint density at radius 1 is 1.26 bits per heavy atom. The maximum Gasteiger partial charge on any atom is 0.303 e. The second kappa shape index (κ2) is 10.1. The maximum atomic E-state index is 12.0. The van der Waals surface area contributed by atoms with Crippen LogP contribution in [0.1, 0.15) is 44.6 Å². The third-order valence-corrected chi connectivity index (χ3v) is 3.69. The number of benzene rings is 1. The number of carboxylic acids is 1. The zero-order valence-corrected chi connectivity index (χ0v) is 14.4. The second-order valence-corrected chi connectivity index (χ2v) is 5.95. The van der Waals surface area contributed by atoms with E-state index in [-0.39, 0.29) is 12.3 Å². The van der Waals surface area contributed by atoms with E-state index in [1.54, 1.807) is 19.1 Å². The smallest absolute Gasteiger partial charge is 0.303 e. The Hall–Kier alpha value is -1.75. The van der Waals surface area contributed by atoms with Crippen LogP contribution in [-0.4, -0.2) is 29.6 Å². The molecule has 0 saturated carbocycles. The van der Waals surface area contributed by atoms with Crippen molar-refractivity contribution in [2.45, 2.75) is 52.1 Å². The van der Waals surface area contributed by atoms with Crippen molar-refractivity contribution in [3.8, 4) is 5.75 Å². The fourth-order valence-corrected chi connectivity index (χ4v) is 2.22. The van der Waals surface area contributed by atoms with Crippen LogP contribution in [0.15, 0.2) is 18.2 Å². The summed E-state index contributed by atoms with van der Waals surface area (Å²) in [6, 6.07) is 5.42. The Kier molecular flexibility index (Phi) is 8.48. The molecule has 0 aliphatic rings. The van der Waals surface area contributed by atoms with Crippen molar-refractivity contribution in [2.75, 3.05) is 6.54 Å². The molecule has 0 fully saturated rings. The van der Waals surface area contributed by atoms with Crippen LogP contribution in [0, 0.1) is 6.92 Å². The molecule has 128 valence electrons. The molecule has 1 aromatic rings. The van der Waals surface area contributed by atoms with E-state index in [1.807, 2.05) is 13.0 Å². The molecule has 0 spiro atoms. The number of nitrogens with one attached hydrogen (secondary N) is 1. The molecule has 5 nitrogen and oxygen atoms in total. The molecule has 0 aliphatic heterocycles. The van der Waals surface area contributed by atoms with Gasteiger partial charge in [0.05, 0.1) is 5.02 Å². The van der Waals surface area contributed by atoms with Crippen LogP contribution in [-0.2, 0) is 9.59 Å². The van der Waals surface area contributed by atoms with E-state index in [2.05, 4.69) is 5.32 Å². The van der Waals surface area contributed by atoms with Crippen LogP contribution in [0.2, 0.25) is 5.02 Å². The van der Waals surface area contributed by atoms with Gasteiger partial charge in [-0.1, -0.05) is 30.5 Å². The molecule has 0 aromatic heterocycles. The highest BCUT2D eigenvalue weighted by atomic mass is 35.5. The van der Waals surface area contributed by atoms with E-state index >= 15 is 0 Å². The molecule has 1 atom stereocenters. The summed E-state index contributed by atoms with van der Waals surface area (Å²) >= 11 is 6.04. The van der Waals surface area contributed by atoms with Crippen LogP contribution in [0.25, 0.3) is 0 Å². The topological polar surface area (TPSA) is 75.6 Å². The number of hydrogen-bond donors (Lipinski definition) is 2. The van der Waals surface area contributed by atoms with E-state index in [1.165, 1.54) is 0 Å². The second-order valence-electron chi connectivity index (χ2n) is 5.54. The number of hydrogen-bond acceptors (Lipinski definition) is 3. The van der Waals surface area contributed by atoms with Gasteiger partial charge in [0.2, 0.25) is 0 Å². The van der Waals surface area contributed by atoms with E-state index in [9.17, 15) is 9.59 Å². The van der Waals surface area contributed by atoms with Gasteiger partial charge >= 0.3 is 5.97 Å². The van der Waals surface area contributed by atoms with Crippen LogP contribution >= 0.6 is 11.6 Å². The molecule has 0 aliphatic carbocycles. The molecule has 1 aromatic carbocycles. The number of carbonyl (C=O) groups excluding carboxylic acids is 1. The highest BCUT2D eigenvalue weighted by molar-refractivity contribution is 6.32. The van der Waals surface area contributed by atoms with Gasteiger partial charge in [0.1, 0.15) is 5.75 Å². The fourth-order valence-electron chi connectivity index (χ4n) is 2.05. The number of aryl methyl sites for hydroxylation is 1. The van der Waals surface area contributed by atoms with Crippen molar-refractivity contribution < 1.29 is 19.4 Å². The average Bonchev–Trinajstić information content (AvgIpc) is 2.49. The lowest BCUT2D eigenvalue weighted by atomic mass is 10.1. The van der Waals surface area contributed by atoms with Crippen molar-refractivity contribution in [3.05, 3.63) is 28.8 Å². The molecule has 1 rings (SSSR count). The Bertz CT molecular complexity index is 533. The molecule has 0 saturated heterocycles. The SMILES string of the molecule is Cc1ccc(Cl)c(OC(C)C(=O)NCCCCCCC(=O)O)c1. The van der Waals surface area contributed by atoms with Gasteiger partial charge in [0.25, 0.3) is 5.91 Å². The molecule has 0 radical (unpaired) electrons. The van der Waals surface area contributed by atoms with Crippen LogP contribution in [0.4, 0.5) is 0 Å². The number of carbonyl (C=O) groups is 2. The van der Waals surface area contributed by atoms with Gasteiger partial charge in [-0.15, -0.1) is 0 Å². The van der Waals surface area contributed by atoms with Gasteiger partial charge in [-0.05, 0) is 44.4 Å². The summed E-state index contributed by atoms with van der Waals surface area (Å²) in [5.41, 5.74) is 1.01. The van der Waals surface area contributed by atoms with Gasteiger partial charge in [0.15, 0.2) is 6.10 Å². The predicted molar refractivity (Wildman–Crippen MR) is 90.0 cm³/mol. The minimum Gasteiger partial charge on any atom is -0.481 e. The molecule has 0 bridgehead atoms. The zero-order valence-electron chi connectivity index (χ0n) is 13.6. The van der Waals surface area contributed by atoms with E-state index in [0.29, 0.717) is 23.7 Å². The summed E-state index contributed by atoms with van der Waals surface area (Å²) in [7, 11) is 0. The summed E-state index contributed by atoms with van der Waals surface area (Å²) in [6.07, 6.45) is 2.83. The molecule has 1 unspecified atom stereocenters. The van der Waals surface area contributed by atoms with Crippen LogP contribution in [0.3, 0.4) is 0 Å². The van der Waals surface area contributed by atoms with Gasteiger partial charge in [0, 0.05) is 13.0 Å². The van der Waals surface area contributed by atoms with Crippen molar-refractivity contribution in [2.24, 2.45) is 0 Å². The number of unbranched alkanes of at least 4 members (excludes halogenated alkanes) is 3. The summed E-state index contributed by atoms with van der Waals surface area (Å²) in [5, 5.41) is 11.8. The lowest BCUT2D eigenvalue weighted by molar-refractivity contribution is -0.137. The lowest BCUT2D eigenvalue weighted by Gasteiger charge is -2.16. The Balaban J connectivity index is 2.24. The van der Waals surface area contributed by atoms with Gasteiger partial charge in [-0.25, -0.2) is 0 Å². The molecule has 0 heterocycles. The normalized spacial score (nSPS) is 11.8. The van der Waals surface area contributed by atoms with Crippen molar-refractivity contribution >= 4 is 23.5 Å². The first-order valence-corrected chi connectivity index (χ1v) is 8.20. The van der Waals surface area contributed by atoms with E-state index in [0.717, 1.165) is 24.8 Å². The summed E-state index contributed by atoms with van der Waals surface area (Å²) in [4.78, 5) is 22.3. The summed E-state index contributed by atoms with van der Waals surface area (Å²) in [6.45, 7) is 4.17. The maximum absolute atomic E-state index is 12.0. The number of amides is 1. The number of halogens is 1. The monoisotopic (exact) mass is 341 g/mol. The number of ether oxygens (including phenoxy) is 1. The van der Waals surface area contributed by atoms with Gasteiger partial charge in [-0.2, -0.15) is 0 Å². The first kappa shape index (κ1) is 19.3. The largest absolute Gasteiger partial charge is 0.481 e. The first-order valence-electron chi connectivity index (χ1n) is 7.82. The molecule has 1 amide bonds. The standard InChI is InChI=1S/C17H24ClNO4/c1-12-8-9-14(18)15(11-12)23-13(2)17(22)19-10-6-4-3-5-7-16(20)21/h8-9,11,13H,3-7,10H2,1-2H3,(H,19,22)(H,20,21). The average molecular weight is 342 g/mol. The third-order valence-electron chi connectivity index (χ3n) is 3.38. The summed E-state index contributed by atoms with van der Waals surface area (Å²) < 4.78 is 5.60. The zero-order chi connectivity index (χ0) is 17.2. The predicted octanol–water partition coefficient (Wildman–Crippen LogP) is 3.57. The molecule has 6 heteroatoms. The Morgan fingerprint density at radius 2 is 1.96 bits per heavy atom. The van der Waals surface area contributed by atoms with Crippen molar-refractivity contribution in [3.63, 3.8) is 0 Å². The number of aliphatic carboxylic acids is 1. The third kappa shape index (κ3) is 7.88. The Labute approximate surface area is 142 Å². The van der Waals surface area contributed by atoms with Gasteiger partial charge in [-0.3, -0.25) is 9.59 Å². The first-order chi connectivity index (χ1) is 10.9. The highest BCUT2D eigenvalue weighted by Gasteiger charge is 2.15. The number of carboxylic acid groups (broad SMARTS) is 1. The van der Waals surface area contributed by atoms with Crippen LogP contribution in [0.5, 0.6) is 5.75 Å². The van der Waals surface area contributed by atoms with Crippen LogP contribution < -0.4 is 10.1 Å². The van der Waals surface area contributed by atoms with Gasteiger partial charge < -0.3 is 15.2 Å². The molecular weight excluding hydrogens is 318 g/mol. The Morgan fingerprint density at radius 3 is 2.65 bits per heavy atom. The minimum absolute atomic E-state index is 0.187.